The minimum absolute atomic E-state index is 0.142. The highest BCUT2D eigenvalue weighted by Gasteiger charge is 2.36. The van der Waals surface area contributed by atoms with Crippen molar-refractivity contribution in [2.75, 3.05) is 10.6 Å². The summed E-state index contributed by atoms with van der Waals surface area (Å²) in [6, 6.07) is 13.5. The summed E-state index contributed by atoms with van der Waals surface area (Å²) in [5, 5.41) is 10.5. The number of aromatic nitrogens is 2. The van der Waals surface area contributed by atoms with Gasteiger partial charge in [0.25, 0.3) is 12.3 Å². The zero-order chi connectivity index (χ0) is 23.5. The number of anilines is 2. The van der Waals surface area contributed by atoms with E-state index in [2.05, 4.69) is 26.6 Å². The summed E-state index contributed by atoms with van der Waals surface area (Å²) < 4.78 is 28.8. The van der Waals surface area contributed by atoms with Crippen LogP contribution in [0.2, 0.25) is 0 Å². The third-order valence-electron chi connectivity index (χ3n) is 5.78. The molecule has 2 atom stereocenters. The van der Waals surface area contributed by atoms with Crippen LogP contribution in [0.1, 0.15) is 45.6 Å². The van der Waals surface area contributed by atoms with E-state index >= 15 is 0 Å². The molecule has 0 bridgehead atoms. The van der Waals surface area contributed by atoms with E-state index in [0.29, 0.717) is 0 Å². The molecule has 4 N–H and O–H groups in total. The monoisotopic (exact) mass is 470 g/mol. The second-order valence-corrected chi connectivity index (χ2v) is 8.29. The van der Waals surface area contributed by atoms with E-state index in [-0.39, 0.29) is 29.0 Å². The number of nitrogens with one attached hydrogen (secondary N) is 4. The molecule has 2 heterocycles. The minimum Gasteiger partial charge on any atom is -0.363 e. The molecule has 0 aliphatic carbocycles. The number of amides is 1. The lowest BCUT2D eigenvalue weighted by Gasteiger charge is -2.32. The van der Waals surface area contributed by atoms with Crippen LogP contribution in [0.3, 0.4) is 0 Å². The number of hydrogen-bond acceptors (Lipinski definition) is 4. The Morgan fingerprint density at radius 2 is 1.91 bits per heavy atom. The van der Waals surface area contributed by atoms with Gasteiger partial charge in [-0.15, -0.1) is 0 Å². The van der Waals surface area contributed by atoms with Gasteiger partial charge >= 0.3 is 0 Å². The number of carbonyl (C=O) groups is 1. The molecule has 7 nitrogen and oxygen atoms in total. The number of hydrazine groups is 1. The number of fused-ring (bicyclic) bond motifs is 1. The first-order valence-corrected chi connectivity index (χ1v) is 10.9. The van der Waals surface area contributed by atoms with Crippen molar-refractivity contribution < 1.29 is 13.6 Å². The summed E-state index contributed by atoms with van der Waals surface area (Å²) in [6.07, 6.45) is -1.19. The van der Waals surface area contributed by atoms with Crippen LogP contribution in [-0.2, 0) is 0 Å². The molecule has 2 aromatic carbocycles. The molecule has 1 aliphatic heterocycles. The summed E-state index contributed by atoms with van der Waals surface area (Å²) in [4.78, 5) is 12.8. The second kappa shape index (κ2) is 9.53. The highest BCUT2D eigenvalue weighted by Crippen LogP contribution is 2.39. The van der Waals surface area contributed by atoms with Crippen LogP contribution in [-0.4, -0.2) is 27.2 Å². The van der Waals surface area contributed by atoms with E-state index in [9.17, 15) is 13.6 Å². The fraction of sp³-hybridized carbons (Fsp3) is 0.261. The fourth-order valence-corrected chi connectivity index (χ4v) is 3.99. The number of benzene rings is 2. The van der Waals surface area contributed by atoms with E-state index < -0.39 is 18.4 Å². The van der Waals surface area contributed by atoms with Crippen LogP contribution in [0.15, 0.2) is 54.7 Å². The molecule has 3 aromatic rings. The lowest BCUT2D eigenvalue weighted by molar-refractivity contribution is 0.0656. The Balaban J connectivity index is 1.48. The molecule has 1 amide bonds. The molecule has 0 spiro atoms. The van der Waals surface area contributed by atoms with E-state index in [1.165, 1.54) is 10.9 Å². The molecule has 10 heteroatoms. The van der Waals surface area contributed by atoms with Crippen molar-refractivity contribution in [3.8, 4) is 0 Å². The SMILES string of the molecule is Cc1cccc(NC(=S)NNC(=O)c2cnn3c2N[C@@H](c2ccccc2)C[C@H]3C(F)F)c1C. The smallest absolute Gasteiger partial charge is 0.275 e. The lowest BCUT2D eigenvalue weighted by atomic mass is 9.97. The Hall–Kier alpha value is -3.53. The molecule has 1 aromatic heterocycles. The van der Waals surface area contributed by atoms with E-state index in [1.54, 1.807) is 0 Å². The van der Waals surface area contributed by atoms with Crippen LogP contribution < -0.4 is 21.5 Å². The minimum atomic E-state index is -2.62. The van der Waals surface area contributed by atoms with Gasteiger partial charge in [0.1, 0.15) is 17.4 Å². The summed E-state index contributed by atoms with van der Waals surface area (Å²) in [7, 11) is 0. The first-order chi connectivity index (χ1) is 15.8. The zero-order valence-electron chi connectivity index (χ0n) is 18.1. The molecule has 0 unspecified atom stereocenters. The summed E-state index contributed by atoms with van der Waals surface area (Å²) >= 11 is 5.27. The van der Waals surface area contributed by atoms with Crippen molar-refractivity contribution in [1.82, 2.24) is 20.6 Å². The van der Waals surface area contributed by atoms with Gasteiger partial charge < -0.3 is 10.6 Å². The fourth-order valence-electron chi connectivity index (χ4n) is 3.82. The van der Waals surface area contributed by atoms with Crippen molar-refractivity contribution in [3.63, 3.8) is 0 Å². The van der Waals surface area contributed by atoms with Crippen LogP contribution in [0.5, 0.6) is 0 Å². The maximum absolute atomic E-state index is 13.8. The van der Waals surface area contributed by atoms with Gasteiger partial charge in [0, 0.05) is 5.69 Å². The van der Waals surface area contributed by atoms with Gasteiger partial charge in [-0.1, -0.05) is 42.5 Å². The van der Waals surface area contributed by atoms with E-state index in [0.717, 1.165) is 22.4 Å². The molecule has 0 saturated heterocycles. The van der Waals surface area contributed by atoms with Crippen LogP contribution in [0.25, 0.3) is 0 Å². The summed E-state index contributed by atoms with van der Waals surface area (Å²) in [5.41, 5.74) is 9.13. The molecule has 172 valence electrons. The zero-order valence-corrected chi connectivity index (χ0v) is 18.9. The number of halogens is 2. The molecule has 4 rings (SSSR count). The molecule has 0 radical (unpaired) electrons. The number of thiocarbonyl (C=S) groups is 1. The van der Waals surface area contributed by atoms with Crippen LogP contribution >= 0.6 is 12.2 Å². The average molecular weight is 471 g/mol. The highest BCUT2D eigenvalue weighted by atomic mass is 32.1. The van der Waals surface area contributed by atoms with Gasteiger partial charge in [0.05, 0.1) is 12.2 Å². The molecule has 0 saturated carbocycles. The van der Waals surface area contributed by atoms with Gasteiger partial charge in [-0.3, -0.25) is 15.6 Å². The van der Waals surface area contributed by atoms with Crippen molar-refractivity contribution in [2.45, 2.75) is 38.8 Å². The van der Waals surface area contributed by atoms with Gasteiger partial charge in [0.15, 0.2) is 5.11 Å². The molecule has 1 aliphatic rings. The molecular weight excluding hydrogens is 446 g/mol. The maximum Gasteiger partial charge on any atom is 0.275 e. The van der Waals surface area contributed by atoms with Gasteiger partial charge in [-0.2, -0.15) is 5.10 Å². The number of rotatable bonds is 4. The Morgan fingerprint density at radius 1 is 1.15 bits per heavy atom. The van der Waals surface area contributed by atoms with E-state index in [1.807, 2.05) is 62.4 Å². The third-order valence-corrected chi connectivity index (χ3v) is 5.98. The Bertz CT molecular complexity index is 1170. The standard InChI is InChI=1S/C23H24F2N6OS/c1-13-7-6-10-17(14(13)2)28-23(33)30-29-22(32)16-12-26-31-19(20(24)25)11-18(27-21(16)31)15-8-4-3-5-9-15/h3-10,12,18-20,27H,11H2,1-2H3,(H,29,32)(H2,28,30,33)/t18-,19+/m1/s1. The largest absolute Gasteiger partial charge is 0.363 e. The highest BCUT2D eigenvalue weighted by molar-refractivity contribution is 7.80. The van der Waals surface area contributed by atoms with Gasteiger partial charge in [-0.25, -0.2) is 13.5 Å². The normalized spacial score (nSPS) is 17.1. The molecule has 33 heavy (non-hydrogen) atoms. The Kier molecular flexibility index (Phi) is 6.55. The predicted molar refractivity (Wildman–Crippen MR) is 127 cm³/mol. The van der Waals surface area contributed by atoms with Crippen molar-refractivity contribution in [2.24, 2.45) is 0 Å². The van der Waals surface area contributed by atoms with Crippen LogP contribution in [0, 0.1) is 13.8 Å². The number of carbonyl (C=O) groups excluding carboxylic acids is 1. The number of hydrogen-bond donors (Lipinski definition) is 4. The van der Waals surface area contributed by atoms with Gasteiger partial charge in [-0.05, 0) is 55.2 Å². The third kappa shape index (κ3) is 4.80. The Morgan fingerprint density at radius 3 is 2.64 bits per heavy atom. The topological polar surface area (TPSA) is 83.0 Å². The van der Waals surface area contributed by atoms with Crippen molar-refractivity contribution >= 4 is 34.7 Å². The first-order valence-electron chi connectivity index (χ1n) is 10.5. The van der Waals surface area contributed by atoms with Crippen LogP contribution in [0.4, 0.5) is 20.3 Å². The van der Waals surface area contributed by atoms with Crippen molar-refractivity contribution in [3.05, 3.63) is 77.0 Å². The molecule has 0 fully saturated rings. The maximum atomic E-state index is 13.8. The van der Waals surface area contributed by atoms with Crippen molar-refractivity contribution in [1.29, 1.82) is 0 Å². The second-order valence-electron chi connectivity index (χ2n) is 7.88. The van der Waals surface area contributed by atoms with Gasteiger partial charge in [0.2, 0.25) is 0 Å². The average Bonchev–Trinajstić information content (AvgIpc) is 3.24. The Labute approximate surface area is 195 Å². The lowest BCUT2D eigenvalue weighted by Crippen LogP contribution is -2.44. The summed E-state index contributed by atoms with van der Waals surface area (Å²) in [6.45, 7) is 3.95. The number of alkyl halides is 2. The predicted octanol–water partition coefficient (Wildman–Crippen LogP) is 4.49. The quantitative estimate of drug-likeness (QED) is 0.332. The summed E-state index contributed by atoms with van der Waals surface area (Å²) in [5.74, 6) is -0.302. The number of nitrogens with zero attached hydrogens (tertiary/aromatic N) is 2. The number of aryl methyl sites for hydroxylation is 1. The molecular formula is C23H24F2N6OS. The van der Waals surface area contributed by atoms with E-state index in [4.69, 9.17) is 12.2 Å². The first kappa shape index (κ1) is 22.7.